The van der Waals surface area contributed by atoms with Gasteiger partial charge in [0.1, 0.15) is 0 Å². The van der Waals surface area contributed by atoms with Crippen molar-refractivity contribution in [3.05, 3.63) is 6.92 Å². The van der Waals surface area contributed by atoms with Crippen molar-refractivity contribution in [2.45, 2.75) is 51.4 Å². The van der Waals surface area contributed by atoms with Gasteiger partial charge in [0.25, 0.3) is 0 Å². The molecule has 0 spiro atoms. The Morgan fingerprint density at radius 1 is 0.889 bits per heavy atom. The second kappa shape index (κ2) is 8.16. The van der Waals surface area contributed by atoms with Crippen molar-refractivity contribution in [3.63, 3.8) is 0 Å². The summed E-state index contributed by atoms with van der Waals surface area (Å²) in [4.78, 5) is 0. The third-order valence-electron chi connectivity index (χ3n) is 5.03. The summed E-state index contributed by atoms with van der Waals surface area (Å²) < 4.78 is 0. The molecule has 2 aliphatic rings. The van der Waals surface area contributed by atoms with Crippen LogP contribution in [-0.2, 0) is 0 Å². The quantitative estimate of drug-likeness (QED) is 0.758. The molecule has 2 saturated heterocycles. The van der Waals surface area contributed by atoms with Gasteiger partial charge in [-0.15, -0.1) is 0 Å². The van der Waals surface area contributed by atoms with Gasteiger partial charge in [0, 0.05) is 0 Å². The van der Waals surface area contributed by atoms with Gasteiger partial charge in [-0.25, -0.2) is 0 Å². The first-order valence-electron chi connectivity index (χ1n) is 8.11. The first-order chi connectivity index (χ1) is 8.90. The van der Waals surface area contributed by atoms with Crippen LogP contribution in [0.4, 0.5) is 0 Å². The van der Waals surface area contributed by atoms with Gasteiger partial charge >= 0.3 is 0 Å². The van der Waals surface area contributed by atoms with E-state index in [-0.39, 0.29) is 0 Å². The van der Waals surface area contributed by atoms with Gasteiger partial charge in [-0.3, -0.25) is 0 Å². The van der Waals surface area contributed by atoms with E-state index >= 15 is 0 Å². The Kier molecular flexibility index (Phi) is 6.50. The number of hydrogen-bond donors (Lipinski definition) is 2. The zero-order valence-corrected chi connectivity index (χ0v) is 11.9. The van der Waals surface area contributed by atoms with E-state index in [1.54, 1.807) is 0 Å². The summed E-state index contributed by atoms with van der Waals surface area (Å²) in [5, 5.41) is 6.97. The molecule has 0 aromatic carbocycles. The van der Waals surface area contributed by atoms with Crippen LogP contribution in [0.2, 0.25) is 0 Å². The van der Waals surface area contributed by atoms with Crippen LogP contribution in [0.1, 0.15) is 51.4 Å². The molecule has 2 heteroatoms. The zero-order chi connectivity index (χ0) is 12.6. The van der Waals surface area contributed by atoms with E-state index in [2.05, 4.69) is 17.6 Å². The molecule has 1 unspecified atom stereocenters. The van der Waals surface area contributed by atoms with E-state index in [4.69, 9.17) is 0 Å². The minimum absolute atomic E-state index is 0.958. The summed E-state index contributed by atoms with van der Waals surface area (Å²) in [7, 11) is 0. The Bertz CT molecular complexity index is 205. The van der Waals surface area contributed by atoms with Crippen LogP contribution in [0.15, 0.2) is 0 Å². The number of piperidine rings is 2. The van der Waals surface area contributed by atoms with Gasteiger partial charge in [0.15, 0.2) is 0 Å². The minimum Gasteiger partial charge on any atom is -0.317 e. The molecule has 1 radical (unpaired) electrons. The average molecular weight is 251 g/mol. The normalized spacial score (nSPS) is 25.2. The molecule has 0 amide bonds. The molecule has 18 heavy (non-hydrogen) atoms. The maximum Gasteiger partial charge on any atom is -0.00462 e. The predicted molar refractivity (Wildman–Crippen MR) is 78.5 cm³/mol. The van der Waals surface area contributed by atoms with E-state index in [1.807, 2.05) is 0 Å². The first kappa shape index (κ1) is 14.3. The lowest BCUT2D eigenvalue weighted by Gasteiger charge is -2.32. The topological polar surface area (TPSA) is 24.1 Å². The van der Waals surface area contributed by atoms with Crippen LogP contribution in [-0.4, -0.2) is 26.2 Å². The van der Waals surface area contributed by atoms with Gasteiger partial charge in [-0.1, -0.05) is 26.2 Å². The molecule has 2 N–H and O–H groups in total. The van der Waals surface area contributed by atoms with Gasteiger partial charge < -0.3 is 10.6 Å². The second-order valence-corrected chi connectivity index (χ2v) is 6.26. The summed E-state index contributed by atoms with van der Waals surface area (Å²) in [6, 6.07) is 0. The number of rotatable bonds is 6. The standard InChI is InChI=1S/C16H31N2/c1-2-3-15(16-8-12-18-13-9-16)5-4-14-6-10-17-11-7-14/h14-18H,1-13H2. The summed E-state index contributed by atoms with van der Waals surface area (Å²) in [5.74, 6) is 2.94. The third-order valence-corrected chi connectivity index (χ3v) is 5.03. The summed E-state index contributed by atoms with van der Waals surface area (Å²) >= 11 is 0. The number of hydrogen-bond acceptors (Lipinski definition) is 2. The SMILES string of the molecule is [CH2]CCC(CCC1CCNCC1)C1CCNCC1. The molecule has 0 aliphatic carbocycles. The number of nitrogens with one attached hydrogen (secondary N) is 2. The Balaban J connectivity index is 1.73. The van der Waals surface area contributed by atoms with E-state index in [1.165, 1.54) is 71.1 Å². The van der Waals surface area contributed by atoms with Gasteiger partial charge in [-0.05, 0) is 76.0 Å². The molecule has 0 saturated carbocycles. The minimum atomic E-state index is 0.958. The molecule has 2 fully saturated rings. The highest BCUT2D eigenvalue weighted by molar-refractivity contribution is 4.78. The fourth-order valence-electron chi connectivity index (χ4n) is 3.81. The highest BCUT2D eigenvalue weighted by Crippen LogP contribution is 2.32. The fraction of sp³-hybridized carbons (Fsp3) is 0.938. The van der Waals surface area contributed by atoms with Crippen molar-refractivity contribution in [1.29, 1.82) is 0 Å². The molecule has 2 rings (SSSR count). The highest BCUT2D eigenvalue weighted by atomic mass is 14.9. The molecule has 0 aromatic heterocycles. The van der Waals surface area contributed by atoms with Crippen LogP contribution in [0.25, 0.3) is 0 Å². The van der Waals surface area contributed by atoms with Crippen LogP contribution < -0.4 is 10.6 Å². The Morgan fingerprint density at radius 2 is 1.50 bits per heavy atom. The van der Waals surface area contributed by atoms with Crippen LogP contribution in [0.5, 0.6) is 0 Å². The van der Waals surface area contributed by atoms with Gasteiger partial charge in [0.2, 0.25) is 0 Å². The van der Waals surface area contributed by atoms with Crippen molar-refractivity contribution in [3.8, 4) is 0 Å². The van der Waals surface area contributed by atoms with Crippen molar-refractivity contribution in [2.75, 3.05) is 26.2 Å². The predicted octanol–water partition coefficient (Wildman–Crippen LogP) is 3.00. The van der Waals surface area contributed by atoms with Crippen LogP contribution in [0, 0.1) is 24.7 Å². The van der Waals surface area contributed by atoms with Crippen LogP contribution >= 0.6 is 0 Å². The highest BCUT2D eigenvalue weighted by Gasteiger charge is 2.24. The molecule has 2 nitrogen and oxygen atoms in total. The van der Waals surface area contributed by atoms with E-state index in [0.717, 1.165) is 24.2 Å². The summed E-state index contributed by atoms with van der Waals surface area (Å²) in [5.41, 5.74) is 0. The Morgan fingerprint density at radius 3 is 2.11 bits per heavy atom. The fourth-order valence-corrected chi connectivity index (χ4v) is 3.81. The lowest BCUT2D eigenvalue weighted by atomic mass is 9.77. The molecule has 2 aliphatic heterocycles. The Labute approximate surface area is 113 Å². The average Bonchev–Trinajstić information content (AvgIpc) is 2.45. The third kappa shape index (κ3) is 4.55. The molecule has 0 aromatic rings. The maximum absolute atomic E-state index is 4.09. The molecular formula is C16H31N2. The van der Waals surface area contributed by atoms with Crippen molar-refractivity contribution in [1.82, 2.24) is 10.6 Å². The summed E-state index contributed by atoms with van der Waals surface area (Å²) in [6.45, 7) is 9.07. The van der Waals surface area contributed by atoms with Gasteiger partial charge in [-0.2, -0.15) is 0 Å². The molecule has 2 heterocycles. The van der Waals surface area contributed by atoms with Crippen LogP contribution in [0.3, 0.4) is 0 Å². The zero-order valence-electron chi connectivity index (χ0n) is 11.9. The summed E-state index contributed by atoms with van der Waals surface area (Å²) in [6.07, 6.45) is 11.0. The monoisotopic (exact) mass is 251 g/mol. The molecular weight excluding hydrogens is 220 g/mol. The molecule has 105 valence electrons. The van der Waals surface area contributed by atoms with Crippen molar-refractivity contribution < 1.29 is 0 Å². The molecule has 1 atom stereocenters. The largest absolute Gasteiger partial charge is 0.317 e. The second-order valence-electron chi connectivity index (χ2n) is 6.26. The molecule has 0 bridgehead atoms. The maximum atomic E-state index is 4.09. The van der Waals surface area contributed by atoms with Crippen molar-refractivity contribution >= 4 is 0 Å². The Hall–Kier alpha value is -0.0800. The van der Waals surface area contributed by atoms with E-state index in [0.29, 0.717) is 0 Å². The van der Waals surface area contributed by atoms with Crippen molar-refractivity contribution in [2.24, 2.45) is 17.8 Å². The van der Waals surface area contributed by atoms with E-state index < -0.39 is 0 Å². The lowest BCUT2D eigenvalue weighted by molar-refractivity contribution is 0.212. The first-order valence-corrected chi connectivity index (χ1v) is 8.11. The lowest BCUT2D eigenvalue weighted by Crippen LogP contribution is -2.32. The smallest absolute Gasteiger partial charge is 0.00462 e. The van der Waals surface area contributed by atoms with Gasteiger partial charge in [0.05, 0.1) is 0 Å². The van der Waals surface area contributed by atoms with E-state index in [9.17, 15) is 0 Å².